The van der Waals surface area contributed by atoms with Crippen LogP contribution in [0.25, 0.3) is 0 Å². The molecule has 0 saturated carbocycles. The van der Waals surface area contributed by atoms with Gasteiger partial charge in [0.2, 0.25) is 5.91 Å². The van der Waals surface area contributed by atoms with E-state index >= 15 is 0 Å². The molecule has 0 spiro atoms. The van der Waals surface area contributed by atoms with Crippen LogP contribution in [0, 0.1) is 0 Å². The van der Waals surface area contributed by atoms with Crippen LogP contribution in [0.3, 0.4) is 0 Å². The van der Waals surface area contributed by atoms with Crippen molar-refractivity contribution in [3.63, 3.8) is 0 Å². The Morgan fingerprint density at radius 1 is 1.07 bits per heavy atom. The Balaban J connectivity index is 1.74. The van der Waals surface area contributed by atoms with Gasteiger partial charge in [-0.1, -0.05) is 30.3 Å². The molecule has 2 aliphatic rings. The van der Waals surface area contributed by atoms with Crippen LogP contribution in [0.15, 0.2) is 58.2 Å². The molecule has 2 atom stereocenters. The SMILES string of the molecule is CCOc1c(Br)cc(C2CC(=O)NC3=C2C(=O)CC(c2ccccc2)C3)cc1OC. The maximum Gasteiger partial charge on any atom is 0.225 e. The third kappa shape index (κ3) is 3.88. The predicted molar refractivity (Wildman–Crippen MR) is 118 cm³/mol. The molecule has 1 N–H and O–H groups in total. The maximum absolute atomic E-state index is 13.2. The first-order valence-corrected chi connectivity index (χ1v) is 10.9. The molecule has 2 aromatic rings. The van der Waals surface area contributed by atoms with Crippen LogP contribution in [0.2, 0.25) is 0 Å². The summed E-state index contributed by atoms with van der Waals surface area (Å²) in [7, 11) is 1.59. The molecule has 0 saturated heterocycles. The van der Waals surface area contributed by atoms with Gasteiger partial charge in [-0.15, -0.1) is 0 Å². The van der Waals surface area contributed by atoms with Gasteiger partial charge in [0.05, 0.1) is 18.2 Å². The second-order valence-electron chi connectivity index (χ2n) is 7.60. The normalized spacial score (nSPS) is 21.2. The van der Waals surface area contributed by atoms with E-state index < -0.39 is 0 Å². The molecule has 0 bridgehead atoms. The third-order valence-corrected chi connectivity index (χ3v) is 6.34. The number of ketones is 1. The number of methoxy groups -OCH3 is 1. The number of allylic oxidation sites excluding steroid dienone is 2. The lowest BCUT2D eigenvalue weighted by atomic mass is 9.73. The molecule has 0 fully saturated rings. The average Bonchev–Trinajstić information content (AvgIpc) is 2.74. The minimum absolute atomic E-state index is 0.0655. The quantitative estimate of drug-likeness (QED) is 0.678. The van der Waals surface area contributed by atoms with Crippen LogP contribution in [-0.4, -0.2) is 25.4 Å². The van der Waals surface area contributed by atoms with Gasteiger partial charge in [0.1, 0.15) is 0 Å². The van der Waals surface area contributed by atoms with Crippen molar-refractivity contribution in [2.45, 2.75) is 38.0 Å². The summed E-state index contributed by atoms with van der Waals surface area (Å²) in [6.07, 6.45) is 1.34. The fourth-order valence-electron chi connectivity index (χ4n) is 4.43. The molecular weight excluding hydrogens is 446 g/mol. The van der Waals surface area contributed by atoms with Gasteiger partial charge < -0.3 is 14.8 Å². The standard InChI is InChI=1S/C24H24BrNO4/c1-3-30-24-18(25)9-16(12-21(24)29-2)17-13-22(28)26-19-10-15(11-20(27)23(17)19)14-7-5-4-6-8-14/h4-9,12,15,17H,3,10-11,13H2,1-2H3,(H,26,28). The van der Waals surface area contributed by atoms with Gasteiger partial charge in [0.25, 0.3) is 0 Å². The molecule has 1 aliphatic carbocycles. The van der Waals surface area contributed by atoms with Gasteiger partial charge in [-0.2, -0.15) is 0 Å². The molecule has 30 heavy (non-hydrogen) atoms. The zero-order valence-electron chi connectivity index (χ0n) is 17.0. The molecular formula is C24H24BrNO4. The molecule has 6 heteroatoms. The highest BCUT2D eigenvalue weighted by atomic mass is 79.9. The van der Waals surface area contributed by atoms with Crippen molar-refractivity contribution in [2.75, 3.05) is 13.7 Å². The summed E-state index contributed by atoms with van der Waals surface area (Å²) in [4.78, 5) is 25.8. The number of benzene rings is 2. The summed E-state index contributed by atoms with van der Waals surface area (Å²) in [6, 6.07) is 13.8. The first-order valence-electron chi connectivity index (χ1n) is 10.1. The number of Topliss-reactive ketones (excluding diaryl/α,β-unsaturated/α-hetero) is 1. The van der Waals surface area contributed by atoms with Crippen LogP contribution in [0.4, 0.5) is 0 Å². The summed E-state index contributed by atoms with van der Waals surface area (Å²) < 4.78 is 11.9. The Hall–Kier alpha value is -2.60. The van der Waals surface area contributed by atoms with E-state index in [2.05, 4.69) is 21.2 Å². The van der Waals surface area contributed by atoms with Gasteiger partial charge in [-0.25, -0.2) is 0 Å². The van der Waals surface area contributed by atoms with Gasteiger partial charge in [-0.3, -0.25) is 9.59 Å². The smallest absolute Gasteiger partial charge is 0.225 e. The Kier molecular flexibility index (Phi) is 5.95. The van der Waals surface area contributed by atoms with Gasteiger partial charge in [0, 0.05) is 30.0 Å². The van der Waals surface area contributed by atoms with Crippen LogP contribution >= 0.6 is 15.9 Å². The number of amides is 1. The lowest BCUT2D eigenvalue weighted by Crippen LogP contribution is -2.38. The van der Waals surface area contributed by atoms with E-state index in [4.69, 9.17) is 9.47 Å². The second-order valence-corrected chi connectivity index (χ2v) is 8.46. The van der Waals surface area contributed by atoms with Crippen molar-refractivity contribution in [1.29, 1.82) is 0 Å². The van der Waals surface area contributed by atoms with Crippen LogP contribution in [0.1, 0.15) is 49.1 Å². The fourth-order valence-corrected chi connectivity index (χ4v) is 5.01. The first-order chi connectivity index (χ1) is 14.5. The average molecular weight is 470 g/mol. The molecule has 5 nitrogen and oxygen atoms in total. The summed E-state index contributed by atoms with van der Waals surface area (Å²) in [6.45, 7) is 2.42. The molecule has 2 aromatic carbocycles. The lowest BCUT2D eigenvalue weighted by molar-refractivity contribution is -0.122. The Bertz CT molecular complexity index is 1020. The zero-order valence-corrected chi connectivity index (χ0v) is 18.6. The van der Waals surface area contributed by atoms with E-state index in [-0.39, 0.29) is 29.9 Å². The number of hydrogen-bond donors (Lipinski definition) is 1. The topological polar surface area (TPSA) is 64.6 Å². The summed E-state index contributed by atoms with van der Waals surface area (Å²) in [5.41, 5.74) is 3.47. The largest absolute Gasteiger partial charge is 0.493 e. The number of carbonyl (C=O) groups is 2. The number of nitrogens with one attached hydrogen (secondary N) is 1. The van der Waals surface area contributed by atoms with E-state index in [0.29, 0.717) is 30.9 Å². The fraction of sp³-hybridized carbons (Fsp3) is 0.333. The van der Waals surface area contributed by atoms with Crippen molar-refractivity contribution >= 4 is 27.6 Å². The number of rotatable bonds is 5. The summed E-state index contributed by atoms with van der Waals surface area (Å²) >= 11 is 3.56. The highest BCUT2D eigenvalue weighted by Crippen LogP contribution is 2.45. The van der Waals surface area contributed by atoms with Gasteiger partial charge in [-0.05, 0) is 58.5 Å². The van der Waals surface area contributed by atoms with Crippen LogP contribution < -0.4 is 14.8 Å². The summed E-state index contributed by atoms with van der Waals surface area (Å²) in [5, 5.41) is 2.98. The maximum atomic E-state index is 13.2. The van der Waals surface area contributed by atoms with E-state index in [1.54, 1.807) is 7.11 Å². The number of halogens is 1. The second kappa shape index (κ2) is 8.64. The van der Waals surface area contributed by atoms with E-state index in [0.717, 1.165) is 26.9 Å². The van der Waals surface area contributed by atoms with Crippen molar-refractivity contribution in [1.82, 2.24) is 5.32 Å². The highest BCUT2D eigenvalue weighted by Gasteiger charge is 2.38. The Labute approximate surface area is 184 Å². The first kappa shape index (κ1) is 20.7. The Morgan fingerprint density at radius 3 is 2.53 bits per heavy atom. The Morgan fingerprint density at radius 2 is 1.83 bits per heavy atom. The lowest BCUT2D eigenvalue weighted by Gasteiger charge is -2.34. The van der Waals surface area contributed by atoms with Crippen molar-refractivity contribution in [3.8, 4) is 11.5 Å². The minimum Gasteiger partial charge on any atom is -0.493 e. The minimum atomic E-state index is -0.293. The molecule has 0 aromatic heterocycles. The number of carbonyl (C=O) groups excluding carboxylic acids is 2. The molecule has 2 unspecified atom stereocenters. The van der Waals surface area contributed by atoms with E-state index in [1.165, 1.54) is 0 Å². The predicted octanol–water partition coefficient (Wildman–Crippen LogP) is 4.86. The highest BCUT2D eigenvalue weighted by molar-refractivity contribution is 9.10. The zero-order chi connectivity index (χ0) is 21.3. The van der Waals surface area contributed by atoms with Gasteiger partial charge >= 0.3 is 0 Å². The van der Waals surface area contributed by atoms with Crippen molar-refractivity contribution in [3.05, 3.63) is 69.3 Å². The molecule has 1 amide bonds. The molecule has 0 radical (unpaired) electrons. The molecule has 1 aliphatic heterocycles. The number of ether oxygens (including phenoxy) is 2. The van der Waals surface area contributed by atoms with Crippen molar-refractivity contribution < 1.29 is 19.1 Å². The number of hydrogen-bond acceptors (Lipinski definition) is 4. The molecule has 1 heterocycles. The third-order valence-electron chi connectivity index (χ3n) is 5.75. The van der Waals surface area contributed by atoms with E-state index in [9.17, 15) is 9.59 Å². The summed E-state index contributed by atoms with van der Waals surface area (Å²) in [5.74, 6) is 1.03. The van der Waals surface area contributed by atoms with Gasteiger partial charge in [0.15, 0.2) is 17.3 Å². The van der Waals surface area contributed by atoms with Crippen molar-refractivity contribution in [2.24, 2.45) is 0 Å². The van der Waals surface area contributed by atoms with E-state index in [1.807, 2.05) is 49.4 Å². The monoisotopic (exact) mass is 469 g/mol. The molecule has 156 valence electrons. The van der Waals surface area contributed by atoms with Crippen LogP contribution in [0.5, 0.6) is 11.5 Å². The van der Waals surface area contributed by atoms with Crippen LogP contribution in [-0.2, 0) is 9.59 Å². The molecule has 4 rings (SSSR count).